The molecule has 2 nitrogen and oxygen atoms in total. The van der Waals surface area contributed by atoms with Gasteiger partial charge in [0.05, 0.1) is 6.34 Å². The highest BCUT2D eigenvalue weighted by Gasteiger charge is 2.23. The molecule has 1 aliphatic heterocycles. The zero-order valence-corrected chi connectivity index (χ0v) is 5.09. The van der Waals surface area contributed by atoms with Crippen LogP contribution in [-0.4, -0.2) is 37.3 Å². The molecule has 1 atom stereocenters. The summed E-state index contributed by atoms with van der Waals surface area (Å²) in [6.07, 6.45) is -0.872. The van der Waals surface area contributed by atoms with E-state index in [0.717, 1.165) is 0 Å². The molecular formula is C5H8F2N2. The molecular weight excluding hydrogens is 126 g/mol. The molecule has 0 saturated heterocycles. The number of hydrogen-bond acceptors (Lipinski definition) is 2. The van der Waals surface area contributed by atoms with Crippen molar-refractivity contribution < 1.29 is 8.78 Å². The van der Waals surface area contributed by atoms with Gasteiger partial charge in [-0.05, 0) is 0 Å². The molecule has 0 aromatic carbocycles. The van der Waals surface area contributed by atoms with Crippen molar-refractivity contribution in [1.82, 2.24) is 4.90 Å². The Balaban J connectivity index is 2.41. The topological polar surface area (TPSA) is 15.6 Å². The Morgan fingerprint density at radius 3 is 2.67 bits per heavy atom. The number of aliphatic imine (C=N–C) groups is 1. The average Bonchev–Trinajstić information content (AvgIpc) is 2.14. The molecule has 0 aromatic rings. The number of likely N-dealkylation sites (N-methyl/N-ethyl adjacent to an activating group) is 1. The van der Waals surface area contributed by atoms with Crippen LogP contribution < -0.4 is 0 Å². The van der Waals surface area contributed by atoms with Gasteiger partial charge in [0.1, 0.15) is 6.04 Å². The quantitative estimate of drug-likeness (QED) is 0.512. The molecule has 0 aliphatic carbocycles. The van der Waals surface area contributed by atoms with Gasteiger partial charge in [-0.1, -0.05) is 0 Å². The van der Waals surface area contributed by atoms with Gasteiger partial charge >= 0.3 is 0 Å². The SMILES string of the molecule is CN1C=NC(C(F)F)C1. The molecule has 1 unspecified atom stereocenters. The molecule has 4 heteroatoms. The van der Waals surface area contributed by atoms with Crippen LogP contribution in [0, 0.1) is 0 Å². The summed E-state index contributed by atoms with van der Waals surface area (Å²) < 4.78 is 23.5. The van der Waals surface area contributed by atoms with Crippen molar-refractivity contribution >= 4 is 6.34 Å². The second-order valence-electron chi connectivity index (χ2n) is 2.11. The number of hydrogen-bond donors (Lipinski definition) is 0. The van der Waals surface area contributed by atoms with Gasteiger partial charge in [0.25, 0.3) is 6.43 Å². The Hall–Kier alpha value is -0.670. The molecule has 0 saturated carbocycles. The molecule has 0 spiro atoms. The van der Waals surface area contributed by atoms with Crippen LogP contribution in [0.25, 0.3) is 0 Å². The predicted molar refractivity (Wildman–Crippen MR) is 30.9 cm³/mol. The van der Waals surface area contributed by atoms with E-state index in [0.29, 0.717) is 6.54 Å². The number of halogens is 2. The van der Waals surface area contributed by atoms with Crippen molar-refractivity contribution in [2.75, 3.05) is 13.6 Å². The minimum absolute atomic E-state index is 0.345. The summed E-state index contributed by atoms with van der Waals surface area (Å²) in [5.41, 5.74) is 0. The summed E-state index contributed by atoms with van der Waals surface area (Å²) in [6, 6.07) is -0.796. The Kier molecular flexibility index (Phi) is 1.64. The van der Waals surface area contributed by atoms with Crippen LogP contribution in [0.2, 0.25) is 0 Å². The van der Waals surface area contributed by atoms with Crippen LogP contribution in [-0.2, 0) is 0 Å². The molecule has 0 N–H and O–H groups in total. The summed E-state index contributed by atoms with van der Waals surface area (Å²) in [7, 11) is 1.73. The summed E-state index contributed by atoms with van der Waals surface area (Å²) in [5, 5.41) is 0. The summed E-state index contributed by atoms with van der Waals surface area (Å²) in [6.45, 7) is 0.345. The van der Waals surface area contributed by atoms with E-state index in [9.17, 15) is 8.78 Å². The molecule has 0 radical (unpaired) electrons. The van der Waals surface area contributed by atoms with Gasteiger partial charge in [-0.15, -0.1) is 0 Å². The lowest BCUT2D eigenvalue weighted by molar-refractivity contribution is 0.115. The fourth-order valence-corrected chi connectivity index (χ4v) is 0.734. The molecule has 52 valence electrons. The molecule has 0 amide bonds. The monoisotopic (exact) mass is 134 g/mol. The van der Waals surface area contributed by atoms with Gasteiger partial charge < -0.3 is 4.90 Å². The van der Waals surface area contributed by atoms with Gasteiger partial charge in [-0.2, -0.15) is 0 Å². The fraction of sp³-hybridized carbons (Fsp3) is 0.800. The Morgan fingerprint density at radius 2 is 2.44 bits per heavy atom. The first-order valence-electron chi connectivity index (χ1n) is 2.72. The third-order valence-electron chi connectivity index (χ3n) is 1.22. The maximum atomic E-state index is 11.8. The van der Waals surface area contributed by atoms with Crippen molar-refractivity contribution in [2.24, 2.45) is 4.99 Å². The number of rotatable bonds is 1. The second-order valence-corrected chi connectivity index (χ2v) is 2.11. The van der Waals surface area contributed by atoms with Crippen LogP contribution >= 0.6 is 0 Å². The third kappa shape index (κ3) is 1.37. The van der Waals surface area contributed by atoms with Crippen molar-refractivity contribution in [3.8, 4) is 0 Å². The molecule has 0 bridgehead atoms. The Bertz CT molecular complexity index is 124. The lowest BCUT2D eigenvalue weighted by Crippen LogP contribution is -2.23. The Labute approximate surface area is 52.2 Å². The standard InChI is InChI=1S/C5H8F2N2/c1-9-2-4(5(6)7)8-3-9/h3-5H,2H2,1H3. The predicted octanol–water partition coefficient (Wildman–Crippen LogP) is 0.594. The second kappa shape index (κ2) is 2.29. The zero-order chi connectivity index (χ0) is 6.85. The highest BCUT2D eigenvalue weighted by molar-refractivity contribution is 5.57. The van der Waals surface area contributed by atoms with E-state index in [1.807, 2.05) is 0 Å². The van der Waals surface area contributed by atoms with E-state index in [4.69, 9.17) is 0 Å². The minimum Gasteiger partial charge on any atom is -0.364 e. The van der Waals surface area contributed by atoms with Crippen molar-refractivity contribution in [3.63, 3.8) is 0 Å². The minimum atomic E-state index is -2.31. The lowest BCUT2D eigenvalue weighted by atomic mass is 10.3. The van der Waals surface area contributed by atoms with Crippen molar-refractivity contribution in [1.29, 1.82) is 0 Å². The average molecular weight is 134 g/mol. The zero-order valence-electron chi connectivity index (χ0n) is 5.09. The van der Waals surface area contributed by atoms with E-state index in [2.05, 4.69) is 4.99 Å². The third-order valence-corrected chi connectivity index (χ3v) is 1.22. The normalized spacial score (nSPS) is 26.2. The van der Waals surface area contributed by atoms with Crippen molar-refractivity contribution in [3.05, 3.63) is 0 Å². The van der Waals surface area contributed by atoms with E-state index < -0.39 is 12.5 Å². The maximum Gasteiger partial charge on any atom is 0.262 e. The highest BCUT2D eigenvalue weighted by atomic mass is 19.3. The van der Waals surface area contributed by atoms with Crippen LogP contribution in [0.15, 0.2) is 4.99 Å². The van der Waals surface area contributed by atoms with E-state index in [-0.39, 0.29) is 0 Å². The van der Waals surface area contributed by atoms with Crippen molar-refractivity contribution in [2.45, 2.75) is 12.5 Å². The molecule has 0 aromatic heterocycles. The van der Waals surface area contributed by atoms with Gasteiger partial charge in [-0.3, -0.25) is 4.99 Å². The first-order chi connectivity index (χ1) is 4.20. The van der Waals surface area contributed by atoms with E-state index in [1.54, 1.807) is 11.9 Å². The number of nitrogens with zero attached hydrogens (tertiary/aromatic N) is 2. The van der Waals surface area contributed by atoms with E-state index >= 15 is 0 Å². The molecule has 1 heterocycles. The smallest absolute Gasteiger partial charge is 0.262 e. The summed E-state index contributed by atoms with van der Waals surface area (Å²) in [5.74, 6) is 0. The molecule has 0 fully saturated rings. The van der Waals surface area contributed by atoms with Crippen LogP contribution in [0.4, 0.5) is 8.78 Å². The number of alkyl halides is 2. The van der Waals surface area contributed by atoms with Crippen LogP contribution in [0.1, 0.15) is 0 Å². The molecule has 1 aliphatic rings. The highest BCUT2D eigenvalue weighted by Crippen LogP contribution is 2.09. The van der Waals surface area contributed by atoms with Gasteiger partial charge in [0, 0.05) is 13.6 Å². The Morgan fingerprint density at radius 1 is 1.78 bits per heavy atom. The van der Waals surface area contributed by atoms with Crippen LogP contribution in [0.3, 0.4) is 0 Å². The largest absolute Gasteiger partial charge is 0.364 e. The molecule has 9 heavy (non-hydrogen) atoms. The van der Waals surface area contributed by atoms with Crippen LogP contribution in [0.5, 0.6) is 0 Å². The van der Waals surface area contributed by atoms with Gasteiger partial charge in [-0.25, -0.2) is 8.78 Å². The maximum absolute atomic E-state index is 11.8. The van der Waals surface area contributed by atoms with Gasteiger partial charge in [0.2, 0.25) is 0 Å². The fourth-order valence-electron chi connectivity index (χ4n) is 0.734. The van der Waals surface area contributed by atoms with Gasteiger partial charge in [0.15, 0.2) is 0 Å². The lowest BCUT2D eigenvalue weighted by Gasteiger charge is -2.07. The first-order valence-corrected chi connectivity index (χ1v) is 2.72. The van der Waals surface area contributed by atoms with E-state index in [1.165, 1.54) is 6.34 Å². The molecule has 1 rings (SSSR count). The summed E-state index contributed by atoms with van der Waals surface area (Å²) in [4.78, 5) is 5.22. The summed E-state index contributed by atoms with van der Waals surface area (Å²) >= 11 is 0. The first kappa shape index (κ1) is 6.45.